The molecule has 0 aromatic heterocycles. The zero-order chi connectivity index (χ0) is 17.2. The number of carbonyl (C=O) groups excluding carboxylic acids is 4. The molecule has 2 N–H and O–H groups in total. The number of nitrogens with two attached hydrogens (primary N) is 1. The van der Waals surface area contributed by atoms with Crippen molar-refractivity contribution in [3.8, 4) is 0 Å². The summed E-state index contributed by atoms with van der Waals surface area (Å²) >= 11 is 0. The van der Waals surface area contributed by atoms with Crippen LogP contribution in [0.4, 0.5) is 0 Å². The molecule has 6 unspecified atom stereocenters. The smallest absolute Gasteiger partial charge is 0.246 e. The number of likely N-dealkylation sites (tertiary alicyclic amines) is 2. The summed E-state index contributed by atoms with van der Waals surface area (Å²) in [6.45, 7) is 2.04. The number of rotatable bonds is 3. The van der Waals surface area contributed by atoms with Crippen LogP contribution in [-0.2, 0) is 19.2 Å². The Kier molecular flexibility index (Phi) is 3.44. The van der Waals surface area contributed by atoms with Crippen LogP contribution < -0.4 is 5.73 Å². The molecule has 4 rings (SSSR count). The maximum atomic E-state index is 12.8. The number of imide groups is 1. The zero-order valence-corrected chi connectivity index (χ0v) is 13.8. The van der Waals surface area contributed by atoms with Gasteiger partial charge in [-0.3, -0.25) is 24.1 Å². The Labute approximate surface area is 140 Å². The van der Waals surface area contributed by atoms with E-state index in [9.17, 15) is 19.2 Å². The van der Waals surface area contributed by atoms with Gasteiger partial charge in [-0.05, 0) is 50.9 Å². The van der Waals surface area contributed by atoms with Crippen molar-refractivity contribution in [2.45, 2.75) is 51.1 Å². The molecule has 130 valence electrons. The highest BCUT2D eigenvalue weighted by atomic mass is 16.2. The largest absolute Gasteiger partial charge is 0.368 e. The molecule has 4 amide bonds. The molecule has 0 spiro atoms. The molecule has 2 aliphatic heterocycles. The molecule has 2 heterocycles. The van der Waals surface area contributed by atoms with Crippen LogP contribution in [0, 0.1) is 23.7 Å². The number of nitrogens with zero attached hydrogens (tertiary/aromatic N) is 2. The zero-order valence-electron chi connectivity index (χ0n) is 13.8. The van der Waals surface area contributed by atoms with E-state index in [-0.39, 0.29) is 29.6 Å². The normalized spacial score (nSPS) is 38.8. The minimum atomic E-state index is -0.852. The maximum Gasteiger partial charge on any atom is 0.246 e. The van der Waals surface area contributed by atoms with Gasteiger partial charge in [0.25, 0.3) is 0 Å². The molecule has 7 heteroatoms. The van der Waals surface area contributed by atoms with E-state index in [0.717, 1.165) is 19.3 Å². The molecule has 2 aliphatic carbocycles. The van der Waals surface area contributed by atoms with Gasteiger partial charge in [-0.15, -0.1) is 0 Å². The highest BCUT2D eigenvalue weighted by Crippen LogP contribution is 2.56. The van der Waals surface area contributed by atoms with Gasteiger partial charge < -0.3 is 10.6 Å². The molecule has 2 bridgehead atoms. The van der Waals surface area contributed by atoms with Gasteiger partial charge >= 0.3 is 0 Å². The van der Waals surface area contributed by atoms with Gasteiger partial charge in [0, 0.05) is 6.54 Å². The number of fused-ring (bicyclic) bond motifs is 5. The van der Waals surface area contributed by atoms with Crippen molar-refractivity contribution in [1.29, 1.82) is 0 Å². The summed E-state index contributed by atoms with van der Waals surface area (Å²) in [5.74, 6) is -1.09. The third kappa shape index (κ3) is 1.96. The summed E-state index contributed by atoms with van der Waals surface area (Å²) in [4.78, 5) is 52.6. The first-order chi connectivity index (χ1) is 11.4. The minimum absolute atomic E-state index is 0.187. The fourth-order valence-electron chi connectivity index (χ4n) is 5.49. The molecule has 7 nitrogen and oxygen atoms in total. The van der Waals surface area contributed by atoms with Gasteiger partial charge in [-0.25, -0.2) is 0 Å². The quantitative estimate of drug-likeness (QED) is 0.728. The number of amides is 4. The molecule has 0 radical (unpaired) electrons. The fourth-order valence-corrected chi connectivity index (χ4v) is 5.49. The highest BCUT2D eigenvalue weighted by Gasteiger charge is 2.62. The average Bonchev–Trinajstić information content (AvgIpc) is 3.29. The van der Waals surface area contributed by atoms with Gasteiger partial charge in [0.1, 0.15) is 12.1 Å². The summed E-state index contributed by atoms with van der Waals surface area (Å²) in [7, 11) is 0. The van der Waals surface area contributed by atoms with Crippen molar-refractivity contribution in [1.82, 2.24) is 9.80 Å². The van der Waals surface area contributed by atoms with Crippen molar-refractivity contribution in [2.75, 3.05) is 6.54 Å². The Morgan fingerprint density at radius 1 is 1.08 bits per heavy atom. The lowest BCUT2D eigenvalue weighted by Gasteiger charge is -2.30. The van der Waals surface area contributed by atoms with Crippen molar-refractivity contribution in [3.05, 3.63) is 0 Å². The van der Waals surface area contributed by atoms with Crippen LogP contribution >= 0.6 is 0 Å². The number of hydrogen-bond acceptors (Lipinski definition) is 4. The Bertz CT molecular complexity index is 605. The first-order valence-corrected chi connectivity index (χ1v) is 8.88. The first-order valence-electron chi connectivity index (χ1n) is 8.88. The second kappa shape index (κ2) is 5.29. The number of primary amides is 1. The number of carbonyl (C=O) groups is 4. The van der Waals surface area contributed by atoms with Gasteiger partial charge in [0.15, 0.2) is 0 Å². The van der Waals surface area contributed by atoms with Crippen molar-refractivity contribution < 1.29 is 19.2 Å². The van der Waals surface area contributed by atoms with Crippen molar-refractivity contribution >= 4 is 23.6 Å². The number of hydrogen-bond donors (Lipinski definition) is 1. The second-order valence-corrected chi connectivity index (χ2v) is 7.70. The van der Waals surface area contributed by atoms with Crippen LogP contribution in [0.2, 0.25) is 0 Å². The molecule has 24 heavy (non-hydrogen) atoms. The van der Waals surface area contributed by atoms with Crippen LogP contribution in [0.15, 0.2) is 0 Å². The Morgan fingerprint density at radius 3 is 2.21 bits per heavy atom. The Balaban J connectivity index is 1.55. The summed E-state index contributed by atoms with van der Waals surface area (Å²) in [5, 5.41) is 0. The second-order valence-electron chi connectivity index (χ2n) is 7.70. The molecule has 0 aromatic rings. The Morgan fingerprint density at radius 2 is 1.67 bits per heavy atom. The predicted molar refractivity (Wildman–Crippen MR) is 83.1 cm³/mol. The molecule has 2 saturated heterocycles. The first kappa shape index (κ1) is 15.6. The molecule has 4 fully saturated rings. The summed E-state index contributed by atoms with van der Waals surface area (Å²) in [6.07, 6.45) is 4.25. The van der Waals surface area contributed by atoms with E-state index >= 15 is 0 Å². The van der Waals surface area contributed by atoms with Gasteiger partial charge in [-0.1, -0.05) is 0 Å². The molecular weight excluding hydrogens is 310 g/mol. The SMILES string of the molecule is CC(C(=O)N1CCCC1C(N)=O)N1C(=O)C2C3CCC(C3)C2C1=O. The third-order valence-electron chi connectivity index (χ3n) is 6.57. The van der Waals surface area contributed by atoms with Crippen LogP contribution in [0.25, 0.3) is 0 Å². The maximum absolute atomic E-state index is 12.8. The van der Waals surface area contributed by atoms with Crippen LogP contribution in [0.1, 0.15) is 39.0 Å². The highest BCUT2D eigenvalue weighted by molar-refractivity contribution is 6.09. The van der Waals surface area contributed by atoms with E-state index in [2.05, 4.69) is 0 Å². The van der Waals surface area contributed by atoms with Crippen LogP contribution in [-0.4, -0.2) is 52.1 Å². The lowest BCUT2D eigenvalue weighted by Crippen LogP contribution is -2.53. The van der Waals surface area contributed by atoms with E-state index in [1.165, 1.54) is 9.80 Å². The van der Waals surface area contributed by atoms with Gasteiger partial charge in [0.05, 0.1) is 11.8 Å². The summed E-state index contributed by atoms with van der Waals surface area (Å²) < 4.78 is 0. The topological polar surface area (TPSA) is 101 Å². The molecule has 0 aromatic carbocycles. The van der Waals surface area contributed by atoms with Gasteiger partial charge in [-0.2, -0.15) is 0 Å². The van der Waals surface area contributed by atoms with E-state index in [4.69, 9.17) is 5.73 Å². The van der Waals surface area contributed by atoms with Crippen molar-refractivity contribution in [2.24, 2.45) is 29.4 Å². The van der Waals surface area contributed by atoms with Gasteiger partial charge in [0.2, 0.25) is 23.6 Å². The molecular formula is C17H23N3O4. The Hall–Kier alpha value is -1.92. The predicted octanol–water partition coefficient (Wildman–Crippen LogP) is -0.118. The molecule has 2 saturated carbocycles. The summed E-state index contributed by atoms with van der Waals surface area (Å²) in [6, 6.07) is -1.47. The van der Waals surface area contributed by atoms with E-state index < -0.39 is 18.0 Å². The minimum Gasteiger partial charge on any atom is -0.368 e. The third-order valence-corrected chi connectivity index (χ3v) is 6.57. The van der Waals surface area contributed by atoms with E-state index in [1.807, 2.05) is 0 Å². The van der Waals surface area contributed by atoms with Crippen LogP contribution in [0.5, 0.6) is 0 Å². The monoisotopic (exact) mass is 333 g/mol. The van der Waals surface area contributed by atoms with E-state index in [0.29, 0.717) is 31.2 Å². The van der Waals surface area contributed by atoms with Crippen LogP contribution in [0.3, 0.4) is 0 Å². The fraction of sp³-hybridized carbons (Fsp3) is 0.765. The van der Waals surface area contributed by atoms with E-state index in [1.54, 1.807) is 6.92 Å². The average molecular weight is 333 g/mol. The molecule has 4 aliphatic rings. The molecule has 6 atom stereocenters. The summed E-state index contributed by atoms with van der Waals surface area (Å²) in [5.41, 5.74) is 5.37. The standard InChI is InChI=1S/C17H23N3O4/c1-8(15(22)19-6-2-3-11(19)14(18)21)20-16(23)12-9-4-5-10(7-9)13(12)17(20)24/h8-13H,2-7H2,1H3,(H2,18,21). The lowest BCUT2D eigenvalue weighted by molar-refractivity contribution is -0.152. The lowest BCUT2D eigenvalue weighted by atomic mass is 9.81. The van der Waals surface area contributed by atoms with Crippen molar-refractivity contribution in [3.63, 3.8) is 0 Å².